The molecule has 1 atom stereocenters. The van der Waals surface area contributed by atoms with E-state index < -0.39 is 0 Å². The van der Waals surface area contributed by atoms with Crippen LogP contribution in [0.4, 0.5) is 0 Å². The van der Waals surface area contributed by atoms with Crippen LogP contribution < -0.4 is 5.32 Å². The fourth-order valence-electron chi connectivity index (χ4n) is 3.50. The highest BCUT2D eigenvalue weighted by Gasteiger charge is 2.42. The van der Waals surface area contributed by atoms with Crippen LogP contribution >= 0.6 is 0 Å². The van der Waals surface area contributed by atoms with Crippen molar-refractivity contribution in [1.29, 1.82) is 0 Å². The minimum Gasteiger partial charge on any atom is -0.370 e. The number of hydrogen-bond acceptors (Lipinski definition) is 4. The molecular weight excluding hydrogens is 252 g/mol. The predicted octanol–water partition coefficient (Wildman–Crippen LogP) is 2.27. The maximum Gasteiger partial charge on any atom is 0.164 e. The van der Waals surface area contributed by atoms with Gasteiger partial charge in [-0.1, -0.05) is 19.8 Å². The third kappa shape index (κ3) is 3.20. The molecule has 1 aliphatic heterocycles. The van der Waals surface area contributed by atoms with Gasteiger partial charge in [-0.2, -0.15) is 5.10 Å². The molecule has 1 saturated carbocycles. The number of rotatable bonds is 6. The average Bonchev–Trinajstić information content (AvgIpc) is 3.15. The zero-order chi connectivity index (χ0) is 13.8. The monoisotopic (exact) mass is 278 g/mol. The fraction of sp³-hybridized carbons (Fsp3) is 0.867. The van der Waals surface area contributed by atoms with Gasteiger partial charge in [-0.25, -0.2) is 4.98 Å². The first-order valence-electron chi connectivity index (χ1n) is 8.06. The Bertz CT molecular complexity index is 425. The minimum atomic E-state index is 0.219. The third-order valence-corrected chi connectivity index (χ3v) is 4.54. The molecule has 1 saturated heterocycles. The first kappa shape index (κ1) is 14.0. The van der Waals surface area contributed by atoms with E-state index in [1.54, 1.807) is 0 Å². The quantitative estimate of drug-likeness (QED) is 0.811. The van der Waals surface area contributed by atoms with Gasteiger partial charge in [0.05, 0.1) is 24.8 Å². The van der Waals surface area contributed by atoms with Crippen LogP contribution in [0.1, 0.15) is 57.7 Å². The summed E-state index contributed by atoms with van der Waals surface area (Å²) in [4.78, 5) is 4.35. The summed E-state index contributed by atoms with van der Waals surface area (Å²) in [5, 5.41) is 7.85. The molecule has 1 aromatic heterocycles. The lowest BCUT2D eigenvalue weighted by Crippen LogP contribution is -2.26. The molecule has 0 aromatic carbocycles. The zero-order valence-corrected chi connectivity index (χ0v) is 12.5. The molecule has 2 heterocycles. The third-order valence-electron chi connectivity index (χ3n) is 4.54. The molecule has 1 N–H and O–H groups in total. The molecule has 1 aliphatic carbocycles. The van der Waals surface area contributed by atoms with E-state index in [1.165, 1.54) is 38.5 Å². The molecule has 0 radical (unpaired) electrons. The summed E-state index contributed by atoms with van der Waals surface area (Å²) in [5.41, 5.74) is 0.219. The predicted molar refractivity (Wildman–Crippen MR) is 77.3 cm³/mol. The van der Waals surface area contributed by atoms with Gasteiger partial charge in [-0.3, -0.25) is 4.68 Å². The highest BCUT2D eigenvalue weighted by Crippen LogP contribution is 2.43. The lowest BCUT2D eigenvalue weighted by molar-refractivity contribution is -0.0429. The molecular formula is C15H26N4O. The first-order chi connectivity index (χ1) is 9.80. The summed E-state index contributed by atoms with van der Waals surface area (Å²) in [7, 11) is 0. The summed E-state index contributed by atoms with van der Waals surface area (Å²) >= 11 is 0. The summed E-state index contributed by atoms with van der Waals surface area (Å²) < 4.78 is 8.26. The Morgan fingerprint density at radius 2 is 2.25 bits per heavy atom. The molecule has 1 spiro atoms. The van der Waals surface area contributed by atoms with E-state index in [0.717, 1.165) is 31.9 Å². The largest absolute Gasteiger partial charge is 0.370 e. The molecule has 3 rings (SSSR count). The lowest BCUT2D eigenvalue weighted by atomic mass is 9.98. The van der Waals surface area contributed by atoms with E-state index in [2.05, 4.69) is 22.3 Å². The minimum absolute atomic E-state index is 0.219. The van der Waals surface area contributed by atoms with Crippen molar-refractivity contribution in [1.82, 2.24) is 20.1 Å². The Morgan fingerprint density at radius 1 is 1.40 bits per heavy atom. The first-order valence-corrected chi connectivity index (χ1v) is 8.06. The van der Waals surface area contributed by atoms with Gasteiger partial charge in [0.2, 0.25) is 0 Å². The topological polar surface area (TPSA) is 52.0 Å². The van der Waals surface area contributed by atoms with E-state index >= 15 is 0 Å². The molecule has 112 valence electrons. The van der Waals surface area contributed by atoms with Crippen molar-refractivity contribution in [2.24, 2.45) is 0 Å². The number of ether oxygens (including phenoxy) is 1. The normalized spacial score (nSPS) is 24.8. The Labute approximate surface area is 121 Å². The van der Waals surface area contributed by atoms with Gasteiger partial charge in [-0.15, -0.1) is 0 Å². The smallest absolute Gasteiger partial charge is 0.164 e. The van der Waals surface area contributed by atoms with E-state index in [9.17, 15) is 0 Å². The van der Waals surface area contributed by atoms with Crippen molar-refractivity contribution < 1.29 is 4.74 Å². The SMILES string of the molecule is CCCNCc1ncn(CC2CCC3(CCCC3)O2)n1. The van der Waals surface area contributed by atoms with Crippen LogP contribution in [0.2, 0.25) is 0 Å². The van der Waals surface area contributed by atoms with Crippen LogP contribution in [0.25, 0.3) is 0 Å². The highest BCUT2D eigenvalue weighted by molar-refractivity contribution is 4.93. The standard InChI is InChI=1S/C15H26N4O/c1-2-9-16-10-14-17-12-19(18-14)11-13-5-8-15(20-13)6-3-4-7-15/h12-13,16H,2-11H2,1H3. The van der Waals surface area contributed by atoms with Crippen molar-refractivity contribution in [3.05, 3.63) is 12.2 Å². The fourth-order valence-corrected chi connectivity index (χ4v) is 3.50. The van der Waals surface area contributed by atoms with Crippen molar-refractivity contribution in [2.75, 3.05) is 6.54 Å². The van der Waals surface area contributed by atoms with Crippen molar-refractivity contribution in [2.45, 2.75) is 76.7 Å². The summed E-state index contributed by atoms with van der Waals surface area (Å²) in [6, 6.07) is 0. The van der Waals surface area contributed by atoms with Crippen molar-refractivity contribution in [3.63, 3.8) is 0 Å². The Balaban J connectivity index is 1.48. The number of aromatic nitrogens is 3. The molecule has 2 fully saturated rings. The van der Waals surface area contributed by atoms with Gasteiger partial charge in [-0.05, 0) is 38.6 Å². The summed E-state index contributed by atoms with van der Waals surface area (Å²) in [5.74, 6) is 0.882. The van der Waals surface area contributed by atoms with Gasteiger partial charge in [0.15, 0.2) is 5.82 Å². The van der Waals surface area contributed by atoms with Crippen LogP contribution in [0.3, 0.4) is 0 Å². The Morgan fingerprint density at radius 3 is 3.05 bits per heavy atom. The highest BCUT2D eigenvalue weighted by atomic mass is 16.5. The van der Waals surface area contributed by atoms with E-state index in [4.69, 9.17) is 4.74 Å². The lowest BCUT2D eigenvalue weighted by Gasteiger charge is -2.23. The molecule has 1 aromatic rings. The second kappa shape index (κ2) is 6.22. The van der Waals surface area contributed by atoms with Crippen LogP contribution in [-0.4, -0.2) is 33.0 Å². The maximum absolute atomic E-state index is 6.32. The molecule has 1 unspecified atom stereocenters. The van der Waals surface area contributed by atoms with Crippen LogP contribution in [0.5, 0.6) is 0 Å². The van der Waals surface area contributed by atoms with Gasteiger partial charge < -0.3 is 10.1 Å². The molecule has 5 nitrogen and oxygen atoms in total. The number of nitrogens with zero attached hydrogens (tertiary/aromatic N) is 3. The maximum atomic E-state index is 6.32. The van der Waals surface area contributed by atoms with Crippen LogP contribution in [0, 0.1) is 0 Å². The number of hydrogen-bond donors (Lipinski definition) is 1. The van der Waals surface area contributed by atoms with Crippen molar-refractivity contribution in [3.8, 4) is 0 Å². The molecule has 0 amide bonds. The summed E-state index contributed by atoms with van der Waals surface area (Å²) in [6.07, 6.45) is 10.9. The molecule has 2 aliphatic rings. The van der Waals surface area contributed by atoms with Gasteiger partial charge in [0, 0.05) is 0 Å². The van der Waals surface area contributed by atoms with Crippen LogP contribution in [-0.2, 0) is 17.8 Å². The van der Waals surface area contributed by atoms with Gasteiger partial charge >= 0.3 is 0 Å². The second-order valence-corrected chi connectivity index (χ2v) is 6.23. The average molecular weight is 278 g/mol. The molecule has 20 heavy (non-hydrogen) atoms. The van der Waals surface area contributed by atoms with Gasteiger partial charge in [0.1, 0.15) is 6.33 Å². The summed E-state index contributed by atoms with van der Waals surface area (Å²) in [6.45, 7) is 4.79. The zero-order valence-electron chi connectivity index (χ0n) is 12.5. The van der Waals surface area contributed by atoms with Crippen molar-refractivity contribution >= 4 is 0 Å². The second-order valence-electron chi connectivity index (χ2n) is 6.23. The number of nitrogens with one attached hydrogen (secondary N) is 1. The van der Waals surface area contributed by atoms with E-state index in [1.807, 2.05) is 11.0 Å². The van der Waals surface area contributed by atoms with Gasteiger partial charge in [0.25, 0.3) is 0 Å². The Hall–Kier alpha value is -0.940. The molecule has 0 bridgehead atoms. The van der Waals surface area contributed by atoms with E-state index in [-0.39, 0.29) is 5.60 Å². The van der Waals surface area contributed by atoms with E-state index in [0.29, 0.717) is 6.10 Å². The Kier molecular flexibility index (Phi) is 4.36. The van der Waals surface area contributed by atoms with Crippen LogP contribution in [0.15, 0.2) is 6.33 Å². The molecule has 5 heteroatoms.